The minimum Gasteiger partial charge on any atom is -0.466 e. The lowest BCUT2D eigenvalue weighted by Gasteiger charge is -2.41. The van der Waals surface area contributed by atoms with Crippen LogP contribution < -0.4 is 0 Å². The van der Waals surface area contributed by atoms with Crippen molar-refractivity contribution < 1.29 is 19.0 Å². The first-order chi connectivity index (χ1) is 9.16. The summed E-state index contributed by atoms with van der Waals surface area (Å²) < 4.78 is 16.6. The number of hydrogen-bond donors (Lipinski definition) is 0. The molecule has 1 saturated carbocycles. The third-order valence-corrected chi connectivity index (χ3v) is 4.21. The minimum absolute atomic E-state index is 0.168. The van der Waals surface area contributed by atoms with Gasteiger partial charge in [-0.3, -0.25) is 4.79 Å². The lowest BCUT2D eigenvalue weighted by molar-refractivity contribution is -0.199. The van der Waals surface area contributed by atoms with Crippen molar-refractivity contribution in [2.45, 2.75) is 51.2 Å². The Morgan fingerprint density at radius 2 is 1.89 bits per heavy atom. The fourth-order valence-electron chi connectivity index (χ4n) is 3.03. The maximum absolute atomic E-state index is 12.2. The summed E-state index contributed by atoms with van der Waals surface area (Å²) in [5.74, 6) is -0.652. The summed E-state index contributed by atoms with van der Waals surface area (Å²) in [6.45, 7) is 3.45. The number of esters is 1. The zero-order valence-electron chi connectivity index (χ0n) is 11.4. The van der Waals surface area contributed by atoms with Gasteiger partial charge < -0.3 is 14.2 Å². The zero-order valence-corrected chi connectivity index (χ0v) is 11.4. The molecular weight excluding hydrogens is 246 g/mol. The Balaban J connectivity index is 2.04. The van der Waals surface area contributed by atoms with E-state index in [1.54, 1.807) is 0 Å². The second kappa shape index (κ2) is 5.89. The van der Waals surface area contributed by atoms with Gasteiger partial charge in [0.15, 0.2) is 5.79 Å². The van der Waals surface area contributed by atoms with Crippen LogP contribution in [-0.4, -0.2) is 31.6 Å². The lowest BCUT2D eigenvalue weighted by atomic mass is 9.69. The average molecular weight is 267 g/mol. The van der Waals surface area contributed by atoms with Crippen LogP contribution in [-0.2, 0) is 19.0 Å². The molecule has 5 nitrogen and oxygen atoms in total. The van der Waals surface area contributed by atoms with Gasteiger partial charge in [-0.25, -0.2) is 0 Å². The number of carbonyl (C=O) groups excluding carboxylic acids is 1. The first-order valence-corrected chi connectivity index (χ1v) is 6.98. The SMILES string of the molecule is CCOC(=O)C1(CCC#N)CCC2(CC1)OCCO2. The molecule has 2 rings (SSSR count). The van der Waals surface area contributed by atoms with E-state index in [2.05, 4.69) is 6.07 Å². The van der Waals surface area contributed by atoms with E-state index in [1.165, 1.54) is 0 Å². The van der Waals surface area contributed by atoms with Crippen molar-refractivity contribution in [3.63, 3.8) is 0 Å². The van der Waals surface area contributed by atoms with E-state index >= 15 is 0 Å². The van der Waals surface area contributed by atoms with E-state index in [9.17, 15) is 4.79 Å². The number of nitriles is 1. The molecule has 0 aromatic rings. The van der Waals surface area contributed by atoms with Gasteiger partial charge >= 0.3 is 5.97 Å². The van der Waals surface area contributed by atoms with Crippen molar-refractivity contribution in [2.24, 2.45) is 5.41 Å². The molecule has 1 saturated heterocycles. The van der Waals surface area contributed by atoms with Crippen LogP contribution in [0.3, 0.4) is 0 Å². The predicted octanol–water partition coefficient (Wildman–Crippen LogP) is 2.16. The summed E-state index contributed by atoms with van der Waals surface area (Å²) in [6.07, 6.45) is 3.71. The zero-order chi connectivity index (χ0) is 13.8. The molecule has 0 aromatic heterocycles. The summed E-state index contributed by atoms with van der Waals surface area (Å²) in [5.41, 5.74) is -0.522. The van der Waals surface area contributed by atoms with Crippen molar-refractivity contribution in [3.8, 4) is 6.07 Å². The molecule has 1 aliphatic heterocycles. The highest BCUT2D eigenvalue weighted by atomic mass is 16.7. The van der Waals surface area contributed by atoms with Crippen LogP contribution in [0.15, 0.2) is 0 Å². The number of nitrogens with zero attached hydrogens (tertiary/aromatic N) is 1. The molecule has 0 unspecified atom stereocenters. The first-order valence-electron chi connectivity index (χ1n) is 6.98. The van der Waals surface area contributed by atoms with Crippen molar-refractivity contribution in [1.29, 1.82) is 5.26 Å². The highest BCUT2D eigenvalue weighted by Gasteiger charge is 2.50. The molecule has 2 aliphatic rings. The van der Waals surface area contributed by atoms with Crippen LogP contribution in [0.25, 0.3) is 0 Å². The Morgan fingerprint density at radius 3 is 2.42 bits per heavy atom. The van der Waals surface area contributed by atoms with Crippen LogP contribution >= 0.6 is 0 Å². The maximum atomic E-state index is 12.2. The fraction of sp³-hybridized carbons (Fsp3) is 0.857. The van der Waals surface area contributed by atoms with Crippen LogP contribution in [0.4, 0.5) is 0 Å². The summed E-state index contributed by atoms with van der Waals surface area (Å²) in [7, 11) is 0. The molecule has 1 heterocycles. The van der Waals surface area contributed by atoms with Gasteiger partial charge in [0.05, 0.1) is 31.3 Å². The number of carbonyl (C=O) groups is 1. The first kappa shape index (κ1) is 14.3. The average Bonchev–Trinajstić information content (AvgIpc) is 2.88. The van der Waals surface area contributed by atoms with Gasteiger partial charge in [0.2, 0.25) is 0 Å². The normalized spacial score (nSPS) is 24.0. The highest BCUT2D eigenvalue weighted by molar-refractivity contribution is 5.77. The summed E-state index contributed by atoms with van der Waals surface area (Å²) in [4.78, 5) is 12.2. The quantitative estimate of drug-likeness (QED) is 0.730. The van der Waals surface area contributed by atoms with Crippen molar-refractivity contribution in [1.82, 2.24) is 0 Å². The molecule has 19 heavy (non-hydrogen) atoms. The highest BCUT2D eigenvalue weighted by Crippen LogP contribution is 2.47. The predicted molar refractivity (Wildman–Crippen MR) is 67.0 cm³/mol. The molecular formula is C14H21NO4. The third-order valence-electron chi connectivity index (χ3n) is 4.21. The Bertz CT molecular complexity index is 358. The third kappa shape index (κ3) is 2.90. The van der Waals surface area contributed by atoms with Gasteiger partial charge in [0.25, 0.3) is 0 Å². The smallest absolute Gasteiger partial charge is 0.312 e. The minimum atomic E-state index is -0.522. The van der Waals surface area contributed by atoms with E-state index in [1.807, 2.05) is 6.92 Å². The second-order valence-electron chi connectivity index (χ2n) is 5.27. The molecule has 2 fully saturated rings. The molecule has 1 aliphatic carbocycles. The standard InChI is InChI=1S/C14H21NO4/c1-2-17-12(16)13(4-3-9-15)5-7-14(8-6-13)18-10-11-19-14/h2-8,10-11H2,1H3. The van der Waals surface area contributed by atoms with Crippen molar-refractivity contribution in [3.05, 3.63) is 0 Å². The van der Waals surface area contributed by atoms with Crippen LogP contribution in [0, 0.1) is 16.7 Å². The number of hydrogen-bond acceptors (Lipinski definition) is 5. The van der Waals surface area contributed by atoms with Gasteiger partial charge in [0.1, 0.15) is 0 Å². The van der Waals surface area contributed by atoms with Crippen molar-refractivity contribution in [2.75, 3.05) is 19.8 Å². The van der Waals surface area contributed by atoms with Gasteiger partial charge in [-0.15, -0.1) is 0 Å². The maximum Gasteiger partial charge on any atom is 0.312 e. The monoisotopic (exact) mass is 267 g/mol. The van der Waals surface area contributed by atoms with Gasteiger partial charge in [-0.2, -0.15) is 5.26 Å². The number of ether oxygens (including phenoxy) is 3. The van der Waals surface area contributed by atoms with E-state index in [-0.39, 0.29) is 5.97 Å². The second-order valence-corrected chi connectivity index (χ2v) is 5.27. The molecule has 0 atom stereocenters. The Kier molecular flexibility index (Phi) is 4.43. The molecule has 0 bridgehead atoms. The molecule has 0 amide bonds. The molecule has 0 radical (unpaired) electrons. The van der Waals surface area contributed by atoms with Gasteiger partial charge in [0, 0.05) is 19.3 Å². The van der Waals surface area contributed by atoms with Crippen LogP contribution in [0.5, 0.6) is 0 Å². The van der Waals surface area contributed by atoms with Crippen LogP contribution in [0.1, 0.15) is 45.4 Å². The Labute approximate surface area is 113 Å². The number of rotatable bonds is 4. The van der Waals surface area contributed by atoms with E-state index in [0.717, 1.165) is 0 Å². The lowest BCUT2D eigenvalue weighted by Crippen LogP contribution is -2.44. The van der Waals surface area contributed by atoms with Crippen molar-refractivity contribution >= 4 is 5.97 Å². The molecule has 0 aromatic carbocycles. The topological polar surface area (TPSA) is 68.6 Å². The molecule has 1 spiro atoms. The van der Waals surface area contributed by atoms with E-state index < -0.39 is 11.2 Å². The largest absolute Gasteiger partial charge is 0.466 e. The molecule has 5 heteroatoms. The summed E-state index contributed by atoms with van der Waals surface area (Å²) in [5, 5.41) is 8.78. The fourth-order valence-corrected chi connectivity index (χ4v) is 3.03. The van der Waals surface area contributed by atoms with E-state index in [4.69, 9.17) is 19.5 Å². The Morgan fingerprint density at radius 1 is 1.26 bits per heavy atom. The summed E-state index contributed by atoms with van der Waals surface area (Å²) >= 11 is 0. The molecule has 0 N–H and O–H groups in total. The van der Waals surface area contributed by atoms with Gasteiger partial charge in [-0.1, -0.05) is 0 Å². The Hall–Kier alpha value is -1.12. The van der Waals surface area contributed by atoms with Gasteiger partial charge in [-0.05, 0) is 26.2 Å². The van der Waals surface area contributed by atoms with Crippen LogP contribution in [0.2, 0.25) is 0 Å². The molecule has 106 valence electrons. The summed E-state index contributed by atoms with van der Waals surface area (Å²) in [6, 6.07) is 2.13. The van der Waals surface area contributed by atoms with E-state index in [0.29, 0.717) is 58.3 Å².